The van der Waals surface area contributed by atoms with Gasteiger partial charge in [0.05, 0.1) is 5.69 Å². The van der Waals surface area contributed by atoms with Crippen molar-refractivity contribution in [2.45, 2.75) is 65.0 Å². The zero-order chi connectivity index (χ0) is 21.5. The minimum atomic E-state index is -1.14. The van der Waals surface area contributed by atoms with Crippen molar-refractivity contribution in [2.75, 3.05) is 6.54 Å². The molecule has 0 radical (unpaired) electrons. The van der Waals surface area contributed by atoms with E-state index in [9.17, 15) is 24.0 Å². The molecule has 1 aromatic rings. The maximum absolute atomic E-state index is 12.7. The Hall–Kier alpha value is -2.97. The van der Waals surface area contributed by atoms with Gasteiger partial charge in [0.2, 0.25) is 5.78 Å². The second-order valence-corrected chi connectivity index (χ2v) is 7.79. The first-order chi connectivity index (χ1) is 13.6. The molecule has 2 aliphatic rings. The van der Waals surface area contributed by atoms with Gasteiger partial charge in [-0.15, -0.1) is 0 Å². The van der Waals surface area contributed by atoms with Gasteiger partial charge in [0.1, 0.15) is 12.1 Å². The first kappa shape index (κ1) is 20.8. The van der Waals surface area contributed by atoms with Crippen LogP contribution in [0.4, 0.5) is 4.79 Å². The minimum Gasteiger partial charge on any atom is -0.453 e. The molecule has 29 heavy (non-hydrogen) atoms. The summed E-state index contributed by atoms with van der Waals surface area (Å²) < 4.78 is 5.17. The number of hydrogen-bond donors (Lipinski definition) is 2. The van der Waals surface area contributed by atoms with Gasteiger partial charge in [-0.25, -0.2) is 4.79 Å². The Morgan fingerprint density at radius 2 is 1.79 bits per heavy atom. The maximum atomic E-state index is 12.7. The molecule has 2 fully saturated rings. The number of carbonyl (C=O) groups excluding carboxylic acids is 5. The number of rotatable bonds is 6. The lowest BCUT2D eigenvalue weighted by molar-refractivity contribution is -0.150. The van der Waals surface area contributed by atoms with Crippen LogP contribution >= 0.6 is 0 Å². The van der Waals surface area contributed by atoms with Crippen molar-refractivity contribution < 1.29 is 28.7 Å². The van der Waals surface area contributed by atoms with Crippen LogP contribution in [0, 0.1) is 13.8 Å². The number of aryl methyl sites for hydroxylation is 1. The van der Waals surface area contributed by atoms with E-state index in [-0.39, 0.29) is 11.5 Å². The highest BCUT2D eigenvalue weighted by Crippen LogP contribution is 2.35. The summed E-state index contributed by atoms with van der Waals surface area (Å²) in [4.78, 5) is 65.2. The Labute approximate surface area is 168 Å². The molecule has 2 N–H and O–H groups in total. The fraction of sp³-hybridized carbons (Fsp3) is 0.550. The molecule has 9 nitrogen and oxygen atoms in total. The molecular weight excluding hydrogens is 378 g/mol. The zero-order valence-electron chi connectivity index (χ0n) is 17.0. The smallest absolute Gasteiger partial charge is 0.326 e. The van der Waals surface area contributed by atoms with Gasteiger partial charge in [-0.05, 0) is 46.1 Å². The van der Waals surface area contributed by atoms with Crippen LogP contribution in [0.1, 0.15) is 71.6 Å². The molecule has 1 saturated heterocycles. The molecule has 1 atom stereocenters. The molecule has 156 valence electrons. The second-order valence-electron chi connectivity index (χ2n) is 7.79. The Kier molecular flexibility index (Phi) is 5.34. The average molecular weight is 403 g/mol. The van der Waals surface area contributed by atoms with Crippen LogP contribution in [0.5, 0.6) is 0 Å². The summed E-state index contributed by atoms with van der Waals surface area (Å²) in [6.07, 6.45) is 1.66. The summed E-state index contributed by atoms with van der Waals surface area (Å²) in [7, 11) is 0. The van der Waals surface area contributed by atoms with Crippen LogP contribution in [-0.2, 0) is 14.3 Å². The fourth-order valence-corrected chi connectivity index (χ4v) is 4.28. The summed E-state index contributed by atoms with van der Waals surface area (Å²) in [5.41, 5.74) is 0.806. The Morgan fingerprint density at radius 1 is 1.17 bits per heavy atom. The van der Waals surface area contributed by atoms with Crippen molar-refractivity contribution in [3.05, 3.63) is 22.5 Å². The normalized spacial score (nSPS) is 18.8. The lowest BCUT2D eigenvalue weighted by atomic mass is 9.98. The number of nitrogens with zero attached hydrogens (tertiary/aromatic N) is 1. The molecular formula is C20H25N3O6. The molecule has 1 aliphatic heterocycles. The van der Waals surface area contributed by atoms with Crippen molar-refractivity contribution >= 4 is 29.5 Å². The summed E-state index contributed by atoms with van der Waals surface area (Å²) in [5.74, 6) is -1.93. The molecule has 0 bridgehead atoms. The number of Topliss-reactive ketones (excluding diaryl/α,β-unsaturated/α-hetero) is 2. The predicted octanol–water partition coefficient (Wildman–Crippen LogP) is 1.81. The van der Waals surface area contributed by atoms with E-state index in [0.717, 1.165) is 17.7 Å². The van der Waals surface area contributed by atoms with Crippen LogP contribution in [-0.4, -0.2) is 57.5 Å². The van der Waals surface area contributed by atoms with E-state index < -0.39 is 41.9 Å². The number of amides is 3. The number of aromatic amines is 1. The van der Waals surface area contributed by atoms with E-state index in [1.54, 1.807) is 13.8 Å². The lowest BCUT2D eigenvalue weighted by Gasteiger charge is -2.20. The Morgan fingerprint density at radius 3 is 2.34 bits per heavy atom. The third-order valence-electron chi connectivity index (χ3n) is 5.70. The van der Waals surface area contributed by atoms with Gasteiger partial charge in [-0.2, -0.15) is 0 Å². The number of esters is 1. The number of H-pyrrole nitrogens is 1. The number of carbonyl (C=O) groups is 5. The number of hydrogen-bond acceptors (Lipinski definition) is 6. The van der Waals surface area contributed by atoms with Crippen LogP contribution in [0.25, 0.3) is 0 Å². The van der Waals surface area contributed by atoms with Gasteiger partial charge >= 0.3 is 12.0 Å². The number of imide groups is 1. The van der Waals surface area contributed by atoms with E-state index in [2.05, 4.69) is 10.3 Å². The third-order valence-corrected chi connectivity index (χ3v) is 5.70. The molecule has 0 aromatic carbocycles. The second kappa shape index (κ2) is 7.46. The van der Waals surface area contributed by atoms with Gasteiger partial charge < -0.3 is 15.0 Å². The van der Waals surface area contributed by atoms with E-state index >= 15 is 0 Å². The summed E-state index contributed by atoms with van der Waals surface area (Å²) >= 11 is 0. The van der Waals surface area contributed by atoms with Crippen molar-refractivity contribution in [1.82, 2.24) is 15.2 Å². The standard InChI is InChI=1S/C20H25N3O6/c1-10-15(12(3)24)11(2)21-16(10)17(26)13(4)29-14(25)9-23-18(27)20(22-19(23)28)7-5-6-8-20/h13,21H,5-9H2,1-4H3,(H,22,28)/t13-/m1/s1. The summed E-state index contributed by atoms with van der Waals surface area (Å²) in [6.45, 7) is 5.61. The number of urea groups is 1. The highest BCUT2D eigenvalue weighted by molar-refractivity contribution is 6.09. The molecule has 1 aromatic heterocycles. The number of aromatic nitrogens is 1. The van der Waals surface area contributed by atoms with Crippen LogP contribution in [0.3, 0.4) is 0 Å². The van der Waals surface area contributed by atoms with Gasteiger partial charge in [-0.1, -0.05) is 12.8 Å². The number of nitrogens with one attached hydrogen (secondary N) is 2. The van der Waals surface area contributed by atoms with Crippen LogP contribution in [0.15, 0.2) is 0 Å². The van der Waals surface area contributed by atoms with Crippen molar-refractivity contribution in [2.24, 2.45) is 0 Å². The predicted molar refractivity (Wildman–Crippen MR) is 102 cm³/mol. The average Bonchev–Trinajstić information content (AvgIpc) is 3.28. The summed E-state index contributed by atoms with van der Waals surface area (Å²) in [5, 5.41) is 2.69. The van der Waals surface area contributed by atoms with Crippen molar-refractivity contribution in [3.63, 3.8) is 0 Å². The molecule has 2 heterocycles. The van der Waals surface area contributed by atoms with Gasteiger partial charge in [-0.3, -0.25) is 24.1 Å². The molecule has 1 spiro atoms. The fourth-order valence-electron chi connectivity index (χ4n) is 4.28. The van der Waals surface area contributed by atoms with Gasteiger partial charge in [0.25, 0.3) is 5.91 Å². The zero-order valence-corrected chi connectivity index (χ0v) is 17.0. The van der Waals surface area contributed by atoms with Gasteiger partial charge in [0, 0.05) is 11.3 Å². The van der Waals surface area contributed by atoms with E-state index in [1.807, 2.05) is 0 Å². The molecule has 9 heteroatoms. The number of ketones is 2. The van der Waals surface area contributed by atoms with Crippen molar-refractivity contribution in [1.29, 1.82) is 0 Å². The molecule has 1 saturated carbocycles. The van der Waals surface area contributed by atoms with Crippen LogP contribution in [0.2, 0.25) is 0 Å². The highest BCUT2D eigenvalue weighted by atomic mass is 16.5. The third kappa shape index (κ3) is 3.56. The molecule has 3 rings (SSSR count). The molecule has 3 amide bonds. The first-order valence-corrected chi connectivity index (χ1v) is 9.65. The minimum absolute atomic E-state index is 0.167. The lowest BCUT2D eigenvalue weighted by Crippen LogP contribution is -2.44. The van der Waals surface area contributed by atoms with Crippen LogP contribution < -0.4 is 5.32 Å². The van der Waals surface area contributed by atoms with Gasteiger partial charge in [0.15, 0.2) is 11.9 Å². The quantitative estimate of drug-likeness (QED) is 0.424. The maximum Gasteiger partial charge on any atom is 0.326 e. The Balaban J connectivity index is 1.66. The van der Waals surface area contributed by atoms with E-state index in [4.69, 9.17) is 4.74 Å². The van der Waals surface area contributed by atoms with E-state index in [0.29, 0.717) is 29.7 Å². The SMILES string of the molecule is CC(=O)c1c(C)[nH]c(C(=O)[C@@H](C)OC(=O)CN2C(=O)NC3(CCCC3)C2=O)c1C. The highest BCUT2D eigenvalue weighted by Gasteiger charge is 2.52. The first-order valence-electron chi connectivity index (χ1n) is 9.65. The monoisotopic (exact) mass is 403 g/mol. The van der Waals surface area contributed by atoms with E-state index in [1.165, 1.54) is 13.8 Å². The number of ether oxygens (including phenoxy) is 1. The topological polar surface area (TPSA) is 126 Å². The molecule has 0 unspecified atom stereocenters. The summed E-state index contributed by atoms with van der Waals surface area (Å²) in [6, 6.07) is -0.616. The Bertz CT molecular complexity index is 910. The van der Waals surface area contributed by atoms with Crippen molar-refractivity contribution in [3.8, 4) is 0 Å². The molecule has 1 aliphatic carbocycles. The largest absolute Gasteiger partial charge is 0.453 e.